The smallest absolute Gasteiger partial charge is 0.244 e. The number of hydrogen-bond acceptors (Lipinski definition) is 6. The SMILES string of the molecule is COc1cc(NC(=O)C(CCSC)NS(=O)(=O)c2ccccc2F)ccc1NC(C)=O. The molecule has 8 nitrogen and oxygen atoms in total. The third kappa shape index (κ3) is 6.94. The van der Waals surface area contributed by atoms with E-state index in [0.717, 1.165) is 12.1 Å². The van der Waals surface area contributed by atoms with Crippen LogP contribution in [-0.4, -0.2) is 45.4 Å². The quantitative estimate of drug-likeness (QED) is 0.493. The van der Waals surface area contributed by atoms with Crippen LogP contribution in [0.3, 0.4) is 0 Å². The van der Waals surface area contributed by atoms with Gasteiger partial charge in [0.1, 0.15) is 22.5 Å². The predicted molar refractivity (Wildman–Crippen MR) is 119 cm³/mol. The van der Waals surface area contributed by atoms with Crippen molar-refractivity contribution in [1.29, 1.82) is 0 Å². The maximum Gasteiger partial charge on any atom is 0.244 e. The molecule has 0 aromatic heterocycles. The second-order valence-corrected chi connectivity index (χ2v) is 9.14. The molecule has 0 aliphatic heterocycles. The third-order valence-corrected chi connectivity index (χ3v) is 6.28. The van der Waals surface area contributed by atoms with Gasteiger partial charge in [-0.3, -0.25) is 9.59 Å². The van der Waals surface area contributed by atoms with Crippen molar-refractivity contribution in [2.24, 2.45) is 0 Å². The highest BCUT2D eigenvalue weighted by atomic mass is 32.2. The Hall–Kier alpha value is -2.63. The highest BCUT2D eigenvalue weighted by Gasteiger charge is 2.27. The number of benzene rings is 2. The van der Waals surface area contributed by atoms with Crippen molar-refractivity contribution < 1.29 is 27.1 Å². The number of rotatable bonds is 10. The lowest BCUT2D eigenvalue weighted by molar-refractivity contribution is -0.117. The summed E-state index contributed by atoms with van der Waals surface area (Å²) in [6, 6.07) is 8.42. The van der Waals surface area contributed by atoms with E-state index in [-0.39, 0.29) is 12.3 Å². The van der Waals surface area contributed by atoms with E-state index in [9.17, 15) is 22.4 Å². The zero-order chi connectivity index (χ0) is 23.0. The average Bonchev–Trinajstić information content (AvgIpc) is 2.71. The molecule has 3 N–H and O–H groups in total. The maximum absolute atomic E-state index is 14.0. The fourth-order valence-corrected chi connectivity index (χ4v) is 4.46. The normalized spacial score (nSPS) is 12.1. The number of anilines is 2. The Morgan fingerprint density at radius 3 is 2.48 bits per heavy atom. The second kappa shape index (κ2) is 11.1. The molecule has 0 bridgehead atoms. The lowest BCUT2D eigenvalue weighted by Gasteiger charge is -2.19. The van der Waals surface area contributed by atoms with Crippen molar-refractivity contribution in [1.82, 2.24) is 4.72 Å². The first-order valence-electron chi connectivity index (χ1n) is 9.20. The Morgan fingerprint density at radius 1 is 1.16 bits per heavy atom. The number of carbonyl (C=O) groups excluding carboxylic acids is 2. The van der Waals surface area contributed by atoms with Gasteiger partial charge in [0.25, 0.3) is 0 Å². The van der Waals surface area contributed by atoms with E-state index in [1.165, 1.54) is 44.0 Å². The highest BCUT2D eigenvalue weighted by molar-refractivity contribution is 7.98. The molecule has 11 heteroatoms. The first-order chi connectivity index (χ1) is 14.7. The molecule has 2 rings (SSSR count). The molecule has 168 valence electrons. The fourth-order valence-electron chi connectivity index (χ4n) is 2.68. The van der Waals surface area contributed by atoms with Gasteiger partial charge in [0, 0.05) is 18.7 Å². The van der Waals surface area contributed by atoms with Gasteiger partial charge in [0.05, 0.1) is 12.8 Å². The predicted octanol–water partition coefficient (Wildman–Crippen LogP) is 2.83. The molecule has 0 heterocycles. The molecule has 1 atom stereocenters. The van der Waals surface area contributed by atoms with E-state index in [1.807, 2.05) is 6.26 Å². The van der Waals surface area contributed by atoms with Gasteiger partial charge in [-0.05, 0) is 42.7 Å². The summed E-state index contributed by atoms with van der Waals surface area (Å²) in [5.74, 6) is -0.973. The van der Waals surface area contributed by atoms with Crippen LogP contribution >= 0.6 is 11.8 Å². The molecule has 1 unspecified atom stereocenters. The van der Waals surface area contributed by atoms with Crippen LogP contribution in [0.2, 0.25) is 0 Å². The van der Waals surface area contributed by atoms with E-state index in [4.69, 9.17) is 4.74 Å². The minimum atomic E-state index is -4.26. The molecule has 0 aliphatic carbocycles. The number of thioether (sulfide) groups is 1. The molecule has 2 amide bonds. The van der Waals surface area contributed by atoms with E-state index in [0.29, 0.717) is 22.9 Å². The Labute approximate surface area is 185 Å². The van der Waals surface area contributed by atoms with Crippen molar-refractivity contribution >= 4 is 45.0 Å². The summed E-state index contributed by atoms with van der Waals surface area (Å²) in [7, 11) is -2.85. The number of nitrogens with one attached hydrogen (secondary N) is 3. The van der Waals surface area contributed by atoms with E-state index in [1.54, 1.807) is 12.1 Å². The Bertz CT molecular complexity index is 1050. The number of hydrogen-bond donors (Lipinski definition) is 3. The lowest BCUT2D eigenvalue weighted by Crippen LogP contribution is -2.44. The zero-order valence-electron chi connectivity index (χ0n) is 17.3. The molecule has 0 saturated heterocycles. The van der Waals surface area contributed by atoms with Crippen LogP contribution in [0.1, 0.15) is 13.3 Å². The van der Waals surface area contributed by atoms with Crippen molar-refractivity contribution in [3.05, 3.63) is 48.3 Å². The molecule has 0 saturated carbocycles. The number of amides is 2. The van der Waals surface area contributed by atoms with Crippen molar-refractivity contribution in [2.45, 2.75) is 24.3 Å². The maximum atomic E-state index is 14.0. The van der Waals surface area contributed by atoms with Crippen LogP contribution in [-0.2, 0) is 19.6 Å². The molecule has 0 spiro atoms. The summed E-state index contributed by atoms with van der Waals surface area (Å²) < 4.78 is 46.8. The summed E-state index contributed by atoms with van der Waals surface area (Å²) in [5.41, 5.74) is 0.766. The monoisotopic (exact) mass is 469 g/mol. The van der Waals surface area contributed by atoms with Crippen LogP contribution in [0, 0.1) is 5.82 Å². The van der Waals surface area contributed by atoms with E-state index < -0.39 is 32.7 Å². The highest BCUT2D eigenvalue weighted by Crippen LogP contribution is 2.28. The first-order valence-corrected chi connectivity index (χ1v) is 12.1. The summed E-state index contributed by atoms with van der Waals surface area (Å²) in [6.07, 6.45) is 2.02. The molecule has 0 radical (unpaired) electrons. The number of halogens is 1. The van der Waals surface area contributed by atoms with Crippen molar-refractivity contribution in [2.75, 3.05) is 29.8 Å². The standard InChI is InChI=1S/C20H24FN3O5S2/c1-13(25)22-16-9-8-14(12-18(16)29-2)23-20(26)17(10-11-30-3)24-31(27,28)19-7-5-4-6-15(19)21/h4-9,12,17,24H,10-11H2,1-3H3,(H,22,25)(H,23,26). The molecule has 0 fully saturated rings. The van der Waals surface area contributed by atoms with Gasteiger partial charge in [-0.2, -0.15) is 16.5 Å². The van der Waals surface area contributed by atoms with Crippen molar-refractivity contribution in [3.8, 4) is 5.75 Å². The Balaban J connectivity index is 2.23. The topological polar surface area (TPSA) is 114 Å². The molecule has 31 heavy (non-hydrogen) atoms. The fraction of sp³-hybridized carbons (Fsp3) is 0.300. The van der Waals surface area contributed by atoms with Gasteiger partial charge in [0.2, 0.25) is 21.8 Å². The van der Waals surface area contributed by atoms with Gasteiger partial charge in [-0.1, -0.05) is 12.1 Å². The van der Waals surface area contributed by atoms with Crippen LogP contribution in [0.4, 0.5) is 15.8 Å². The first kappa shape index (κ1) is 24.6. The van der Waals surface area contributed by atoms with E-state index in [2.05, 4.69) is 15.4 Å². The van der Waals surface area contributed by atoms with Crippen LogP contribution in [0.5, 0.6) is 5.75 Å². The lowest BCUT2D eigenvalue weighted by atomic mass is 10.2. The second-order valence-electron chi connectivity index (χ2n) is 6.47. The molecule has 0 aliphatic rings. The molecule has 2 aromatic carbocycles. The largest absolute Gasteiger partial charge is 0.494 e. The van der Waals surface area contributed by atoms with Gasteiger partial charge < -0.3 is 15.4 Å². The van der Waals surface area contributed by atoms with Gasteiger partial charge in [-0.15, -0.1) is 0 Å². The minimum Gasteiger partial charge on any atom is -0.494 e. The number of carbonyl (C=O) groups is 2. The van der Waals surface area contributed by atoms with Crippen LogP contribution < -0.4 is 20.1 Å². The minimum absolute atomic E-state index is 0.196. The van der Waals surface area contributed by atoms with Gasteiger partial charge in [0.15, 0.2) is 0 Å². The van der Waals surface area contributed by atoms with Gasteiger partial charge in [-0.25, -0.2) is 12.8 Å². The van der Waals surface area contributed by atoms with Crippen LogP contribution in [0.25, 0.3) is 0 Å². The molecular formula is C20H24FN3O5S2. The third-order valence-electron chi connectivity index (χ3n) is 4.13. The zero-order valence-corrected chi connectivity index (χ0v) is 18.9. The van der Waals surface area contributed by atoms with Crippen LogP contribution in [0.15, 0.2) is 47.4 Å². The summed E-state index contributed by atoms with van der Waals surface area (Å²) in [5, 5.41) is 5.24. The van der Waals surface area contributed by atoms with Crippen molar-refractivity contribution in [3.63, 3.8) is 0 Å². The summed E-state index contributed by atoms with van der Waals surface area (Å²) >= 11 is 1.44. The average molecular weight is 470 g/mol. The van der Waals surface area contributed by atoms with Gasteiger partial charge >= 0.3 is 0 Å². The number of methoxy groups -OCH3 is 1. The number of sulfonamides is 1. The summed E-state index contributed by atoms with van der Waals surface area (Å²) in [6.45, 7) is 1.35. The Morgan fingerprint density at radius 2 is 1.87 bits per heavy atom. The molecule has 2 aromatic rings. The molecular weight excluding hydrogens is 445 g/mol. The van der Waals surface area contributed by atoms with E-state index >= 15 is 0 Å². The number of ether oxygens (including phenoxy) is 1. The summed E-state index contributed by atoms with van der Waals surface area (Å²) in [4.78, 5) is 23.6. The Kier molecular flexibility index (Phi) is 8.84.